The average Bonchev–Trinajstić information content (AvgIpc) is 3.17. The highest BCUT2D eigenvalue weighted by molar-refractivity contribution is 5.85. The number of nitrogens with one attached hydrogen (secondary N) is 1. The summed E-state index contributed by atoms with van der Waals surface area (Å²) in [5.74, 6) is 0.734. The fourth-order valence-electron chi connectivity index (χ4n) is 4.33. The number of rotatable bonds is 6. The van der Waals surface area contributed by atoms with Gasteiger partial charge < -0.3 is 25.1 Å². The predicted octanol–water partition coefficient (Wildman–Crippen LogP) is 2.61. The van der Waals surface area contributed by atoms with Gasteiger partial charge in [-0.05, 0) is 56.2 Å². The Morgan fingerprint density at radius 2 is 2.00 bits per heavy atom. The van der Waals surface area contributed by atoms with E-state index in [1.54, 1.807) is 0 Å². The van der Waals surface area contributed by atoms with Crippen LogP contribution >= 0.6 is 12.4 Å². The summed E-state index contributed by atoms with van der Waals surface area (Å²) < 4.78 is 11.4. The van der Waals surface area contributed by atoms with E-state index in [1.807, 2.05) is 18.2 Å². The van der Waals surface area contributed by atoms with Crippen molar-refractivity contribution >= 4 is 29.4 Å². The lowest BCUT2D eigenvalue weighted by Gasteiger charge is -2.31. The molecule has 1 aliphatic heterocycles. The van der Waals surface area contributed by atoms with Crippen molar-refractivity contribution in [3.63, 3.8) is 0 Å². The van der Waals surface area contributed by atoms with Crippen LogP contribution in [0.4, 0.5) is 4.79 Å². The molecule has 0 atom stereocenters. The minimum Gasteiger partial charge on any atom is -0.493 e. The number of nitrogens with zero attached hydrogens (tertiary/aromatic N) is 1. The number of hydrogen-bond acceptors (Lipinski definition) is 5. The zero-order chi connectivity index (χ0) is 19.5. The van der Waals surface area contributed by atoms with Crippen LogP contribution in [0.1, 0.15) is 36.8 Å². The highest BCUT2D eigenvalue weighted by Gasteiger charge is 2.20. The van der Waals surface area contributed by atoms with Gasteiger partial charge in [-0.15, -0.1) is 12.4 Å². The minimum absolute atomic E-state index is 0. The first kappa shape index (κ1) is 21.5. The van der Waals surface area contributed by atoms with Crippen molar-refractivity contribution in [2.24, 2.45) is 5.73 Å². The van der Waals surface area contributed by atoms with Gasteiger partial charge in [-0.2, -0.15) is 0 Å². The van der Waals surface area contributed by atoms with Crippen LogP contribution in [0, 0.1) is 0 Å². The van der Waals surface area contributed by atoms with Crippen molar-refractivity contribution in [2.45, 2.75) is 44.6 Å². The number of hydrogen-bond donors (Lipinski definition) is 2. The molecule has 1 fully saturated rings. The Hall–Kier alpha value is -2.25. The Balaban J connectivity index is 0.00000240. The van der Waals surface area contributed by atoms with Crippen LogP contribution in [-0.4, -0.2) is 43.2 Å². The first-order valence-electron chi connectivity index (χ1n) is 10.1. The molecule has 0 saturated carbocycles. The van der Waals surface area contributed by atoms with Gasteiger partial charge in [0.25, 0.3) is 0 Å². The van der Waals surface area contributed by atoms with Gasteiger partial charge in [0.15, 0.2) is 0 Å². The molecule has 3 N–H and O–H groups in total. The predicted molar refractivity (Wildman–Crippen MR) is 114 cm³/mol. The number of nitrogens with two attached hydrogens (primary N) is 1. The number of primary amides is 1. The third-order valence-electron chi connectivity index (χ3n) is 5.77. The summed E-state index contributed by atoms with van der Waals surface area (Å²) >= 11 is 0. The van der Waals surface area contributed by atoms with Gasteiger partial charge in [0.1, 0.15) is 11.3 Å². The number of halogens is 1. The largest absolute Gasteiger partial charge is 0.493 e. The summed E-state index contributed by atoms with van der Waals surface area (Å²) in [4.78, 5) is 25.4. The van der Waals surface area contributed by atoms with Crippen LogP contribution in [-0.2, 0) is 12.8 Å². The summed E-state index contributed by atoms with van der Waals surface area (Å²) in [5.41, 5.74) is 7.58. The topological polar surface area (TPSA) is 97.8 Å². The number of fused-ring (bicyclic) bond motifs is 3. The van der Waals surface area contributed by atoms with Gasteiger partial charge in [-0.25, -0.2) is 9.59 Å². The number of amides is 2. The summed E-state index contributed by atoms with van der Waals surface area (Å²) in [5, 5.41) is 3.82. The number of carbonyl (C=O) groups is 1. The molecule has 1 saturated heterocycles. The Kier molecular flexibility index (Phi) is 7.03. The molecule has 1 aliphatic carbocycles. The number of urea groups is 1. The zero-order valence-electron chi connectivity index (χ0n) is 16.4. The smallest absolute Gasteiger partial charge is 0.339 e. The standard InChI is InChI=1S/C21H27N3O4.ClH/c22-21(26)23-14-7-10-24(11-8-14)9-2-12-27-15-5-6-17-16-3-1-4-18(16)20(25)28-19(17)13-15;/h5-6,13-14H,1-4,7-12H2,(H3,22,23,26);1H. The molecule has 7 nitrogen and oxygen atoms in total. The lowest BCUT2D eigenvalue weighted by molar-refractivity contribution is 0.181. The molecule has 158 valence electrons. The van der Waals surface area contributed by atoms with Crippen molar-refractivity contribution in [2.75, 3.05) is 26.2 Å². The number of ether oxygens (including phenoxy) is 1. The second-order valence-corrected chi connectivity index (χ2v) is 7.68. The molecule has 0 unspecified atom stereocenters. The van der Waals surface area contributed by atoms with Gasteiger partial charge in [-0.1, -0.05) is 0 Å². The van der Waals surface area contributed by atoms with E-state index in [2.05, 4.69) is 10.2 Å². The summed E-state index contributed by atoms with van der Waals surface area (Å²) in [6.07, 6.45) is 5.56. The molecule has 2 heterocycles. The third kappa shape index (κ3) is 5.03. The summed E-state index contributed by atoms with van der Waals surface area (Å²) in [7, 11) is 0. The molecular formula is C21H28ClN3O4. The fraction of sp³-hybridized carbons (Fsp3) is 0.524. The number of likely N-dealkylation sites (tertiary alicyclic amines) is 1. The van der Waals surface area contributed by atoms with Gasteiger partial charge >= 0.3 is 11.7 Å². The quantitative estimate of drug-likeness (QED) is 0.552. The Bertz CT molecular complexity index is 922. The second kappa shape index (κ2) is 9.50. The van der Waals surface area contributed by atoms with Crippen molar-refractivity contribution in [3.05, 3.63) is 39.7 Å². The van der Waals surface area contributed by atoms with Crippen LogP contribution in [0.5, 0.6) is 5.75 Å². The molecule has 4 rings (SSSR count). The first-order chi connectivity index (χ1) is 13.6. The van der Waals surface area contributed by atoms with E-state index in [0.717, 1.165) is 80.4 Å². The van der Waals surface area contributed by atoms with Gasteiger partial charge in [0, 0.05) is 42.7 Å². The van der Waals surface area contributed by atoms with Gasteiger partial charge in [0.05, 0.1) is 6.61 Å². The Labute approximate surface area is 176 Å². The highest BCUT2D eigenvalue weighted by atomic mass is 35.5. The monoisotopic (exact) mass is 421 g/mol. The number of piperidine rings is 1. The molecule has 2 aliphatic rings. The molecule has 0 spiro atoms. The lowest BCUT2D eigenvalue weighted by Crippen LogP contribution is -2.46. The molecule has 1 aromatic heterocycles. The van der Waals surface area contributed by atoms with Crippen molar-refractivity contribution in [3.8, 4) is 5.75 Å². The van der Waals surface area contributed by atoms with Crippen molar-refractivity contribution in [1.29, 1.82) is 0 Å². The molecule has 2 amide bonds. The zero-order valence-corrected chi connectivity index (χ0v) is 17.3. The van der Waals surface area contributed by atoms with E-state index in [0.29, 0.717) is 12.2 Å². The van der Waals surface area contributed by atoms with Crippen LogP contribution in [0.25, 0.3) is 11.0 Å². The third-order valence-corrected chi connectivity index (χ3v) is 5.77. The van der Waals surface area contributed by atoms with Crippen molar-refractivity contribution in [1.82, 2.24) is 10.2 Å². The maximum absolute atomic E-state index is 12.1. The van der Waals surface area contributed by atoms with Gasteiger partial charge in [-0.3, -0.25) is 0 Å². The van der Waals surface area contributed by atoms with Gasteiger partial charge in [0.2, 0.25) is 0 Å². The van der Waals surface area contributed by atoms with E-state index >= 15 is 0 Å². The maximum atomic E-state index is 12.1. The SMILES string of the molecule is Cl.NC(=O)NC1CCN(CCCOc2ccc3c4c(c(=O)oc3c2)CCC4)CC1. The number of benzene rings is 1. The number of aryl methyl sites for hydroxylation is 1. The molecule has 1 aromatic carbocycles. The van der Waals surface area contributed by atoms with Crippen molar-refractivity contribution < 1.29 is 13.9 Å². The summed E-state index contributed by atoms with van der Waals surface area (Å²) in [6, 6.07) is 5.55. The summed E-state index contributed by atoms with van der Waals surface area (Å²) in [6.45, 7) is 3.48. The maximum Gasteiger partial charge on any atom is 0.339 e. The average molecular weight is 422 g/mol. The normalized spacial score (nSPS) is 17.0. The minimum atomic E-state index is -0.442. The Morgan fingerprint density at radius 1 is 1.24 bits per heavy atom. The fourth-order valence-corrected chi connectivity index (χ4v) is 4.33. The first-order valence-corrected chi connectivity index (χ1v) is 10.1. The molecule has 2 aromatic rings. The van der Waals surface area contributed by atoms with E-state index in [-0.39, 0.29) is 24.1 Å². The van der Waals surface area contributed by atoms with E-state index in [4.69, 9.17) is 14.9 Å². The lowest BCUT2D eigenvalue weighted by atomic mass is 10.1. The Morgan fingerprint density at radius 3 is 2.76 bits per heavy atom. The molecule has 8 heteroatoms. The molecule has 0 radical (unpaired) electrons. The highest BCUT2D eigenvalue weighted by Crippen LogP contribution is 2.29. The van der Waals surface area contributed by atoms with Crippen LogP contribution in [0.15, 0.2) is 27.4 Å². The number of carbonyl (C=O) groups excluding carboxylic acids is 1. The van der Waals surface area contributed by atoms with E-state index in [9.17, 15) is 9.59 Å². The second-order valence-electron chi connectivity index (χ2n) is 7.68. The van der Waals surface area contributed by atoms with Crippen LogP contribution in [0.2, 0.25) is 0 Å². The van der Waals surface area contributed by atoms with Crippen LogP contribution in [0.3, 0.4) is 0 Å². The van der Waals surface area contributed by atoms with E-state index in [1.165, 1.54) is 0 Å². The molecular weight excluding hydrogens is 394 g/mol. The molecule has 0 bridgehead atoms. The van der Waals surface area contributed by atoms with Crippen LogP contribution < -0.4 is 21.4 Å². The molecule has 29 heavy (non-hydrogen) atoms. The van der Waals surface area contributed by atoms with E-state index < -0.39 is 6.03 Å².